The summed E-state index contributed by atoms with van der Waals surface area (Å²) in [7, 11) is 0. The van der Waals surface area contributed by atoms with Gasteiger partial charge in [-0.3, -0.25) is 9.59 Å². The standard InChI is InChI=1S/C15H24O6/c1-5-6-7-18-10(8-9(2)16)12-11(17)13-14(19-12)21-15(3,4)20-13/h10,12-14H,5-8H2,1-4H3/t10-,12-,13+,14+/m0/s1. The normalized spacial score (nSPS) is 32.2. The van der Waals surface area contributed by atoms with Crippen LogP contribution in [0.25, 0.3) is 0 Å². The number of ether oxygens (including phenoxy) is 4. The summed E-state index contributed by atoms with van der Waals surface area (Å²) in [5, 5.41) is 0. The molecule has 0 aromatic rings. The molecular formula is C15H24O6. The molecule has 2 aliphatic heterocycles. The second-order valence-electron chi connectivity index (χ2n) is 6.05. The lowest BCUT2D eigenvalue weighted by molar-refractivity contribution is -0.216. The summed E-state index contributed by atoms with van der Waals surface area (Å²) < 4.78 is 22.4. The van der Waals surface area contributed by atoms with E-state index in [2.05, 4.69) is 6.92 Å². The molecule has 0 saturated carbocycles. The zero-order valence-corrected chi connectivity index (χ0v) is 13.1. The average Bonchev–Trinajstić information content (AvgIpc) is 2.82. The summed E-state index contributed by atoms with van der Waals surface area (Å²) in [5.74, 6) is -1.06. The number of ketones is 2. The summed E-state index contributed by atoms with van der Waals surface area (Å²) in [5.41, 5.74) is 0. The Kier molecular flexibility index (Phi) is 5.14. The second kappa shape index (κ2) is 6.52. The summed E-state index contributed by atoms with van der Waals surface area (Å²) in [6.45, 7) is 7.51. The van der Waals surface area contributed by atoms with Crippen molar-refractivity contribution >= 4 is 11.6 Å². The maximum Gasteiger partial charge on any atom is 0.198 e. The van der Waals surface area contributed by atoms with Crippen molar-refractivity contribution in [1.82, 2.24) is 0 Å². The van der Waals surface area contributed by atoms with Crippen LogP contribution in [0.4, 0.5) is 0 Å². The highest BCUT2D eigenvalue weighted by Crippen LogP contribution is 2.36. The Bertz CT molecular complexity index is 405. The average molecular weight is 300 g/mol. The number of carbonyl (C=O) groups excluding carboxylic acids is 2. The summed E-state index contributed by atoms with van der Waals surface area (Å²) in [6.07, 6.45) is -0.779. The molecule has 2 heterocycles. The van der Waals surface area contributed by atoms with Gasteiger partial charge in [0.25, 0.3) is 0 Å². The van der Waals surface area contributed by atoms with Crippen LogP contribution in [0.15, 0.2) is 0 Å². The van der Waals surface area contributed by atoms with Crippen molar-refractivity contribution < 1.29 is 28.5 Å². The maximum absolute atomic E-state index is 12.4. The van der Waals surface area contributed by atoms with Crippen LogP contribution in [0.3, 0.4) is 0 Å². The molecule has 0 spiro atoms. The molecule has 0 aliphatic carbocycles. The van der Waals surface area contributed by atoms with Gasteiger partial charge in [0.1, 0.15) is 11.9 Å². The van der Waals surface area contributed by atoms with Gasteiger partial charge in [0.15, 0.2) is 24.0 Å². The molecule has 2 saturated heterocycles. The van der Waals surface area contributed by atoms with E-state index >= 15 is 0 Å². The Morgan fingerprint density at radius 1 is 1.38 bits per heavy atom. The van der Waals surface area contributed by atoms with E-state index in [4.69, 9.17) is 18.9 Å². The quantitative estimate of drug-likeness (QED) is 0.665. The SMILES string of the molecule is CCCCO[C@@H](CC(C)=O)[C@@H]1O[C@@H]2OC(C)(C)O[C@@H]2C1=O. The van der Waals surface area contributed by atoms with Crippen LogP contribution in [-0.2, 0) is 28.5 Å². The molecule has 0 amide bonds. The summed E-state index contributed by atoms with van der Waals surface area (Å²) >= 11 is 0. The van der Waals surface area contributed by atoms with Crippen LogP contribution in [0.1, 0.15) is 47.0 Å². The zero-order chi connectivity index (χ0) is 15.6. The molecule has 0 N–H and O–H groups in total. The van der Waals surface area contributed by atoms with Crippen molar-refractivity contribution in [3.05, 3.63) is 0 Å². The first-order chi connectivity index (χ1) is 9.84. The number of unbranched alkanes of at least 4 members (excludes halogenated alkanes) is 1. The second-order valence-corrected chi connectivity index (χ2v) is 6.05. The molecule has 0 aromatic carbocycles. The smallest absolute Gasteiger partial charge is 0.198 e. The Morgan fingerprint density at radius 3 is 2.67 bits per heavy atom. The van der Waals surface area contributed by atoms with E-state index < -0.39 is 30.4 Å². The third-order valence-corrected chi connectivity index (χ3v) is 3.56. The first-order valence-corrected chi connectivity index (χ1v) is 7.50. The first-order valence-electron chi connectivity index (χ1n) is 7.50. The molecule has 2 rings (SSSR count). The van der Waals surface area contributed by atoms with Gasteiger partial charge in [-0.1, -0.05) is 13.3 Å². The number of Topliss-reactive ketones (excluding diaryl/α,β-unsaturated/α-hetero) is 2. The van der Waals surface area contributed by atoms with Gasteiger partial charge in [-0.05, 0) is 27.2 Å². The lowest BCUT2D eigenvalue weighted by Gasteiger charge is -2.25. The van der Waals surface area contributed by atoms with Crippen molar-refractivity contribution in [2.45, 2.75) is 77.3 Å². The molecule has 6 heteroatoms. The predicted octanol–water partition coefficient (Wildman–Crippen LogP) is 1.60. The predicted molar refractivity (Wildman–Crippen MR) is 73.7 cm³/mol. The van der Waals surface area contributed by atoms with E-state index in [0.29, 0.717) is 6.61 Å². The van der Waals surface area contributed by atoms with Gasteiger partial charge < -0.3 is 18.9 Å². The fourth-order valence-electron chi connectivity index (χ4n) is 2.58. The molecule has 2 aliphatic rings. The van der Waals surface area contributed by atoms with E-state index in [0.717, 1.165) is 12.8 Å². The van der Waals surface area contributed by atoms with E-state index in [-0.39, 0.29) is 18.0 Å². The van der Waals surface area contributed by atoms with Gasteiger partial charge in [-0.25, -0.2) is 0 Å². The van der Waals surface area contributed by atoms with E-state index in [1.54, 1.807) is 13.8 Å². The molecule has 0 radical (unpaired) electrons. The van der Waals surface area contributed by atoms with Crippen molar-refractivity contribution in [3.8, 4) is 0 Å². The molecular weight excluding hydrogens is 276 g/mol. The molecule has 0 aromatic heterocycles. The minimum absolute atomic E-state index is 0.0351. The van der Waals surface area contributed by atoms with E-state index in [1.165, 1.54) is 6.92 Å². The largest absolute Gasteiger partial charge is 0.375 e. The molecule has 0 bridgehead atoms. The summed E-state index contributed by atoms with van der Waals surface area (Å²) in [4.78, 5) is 23.8. The van der Waals surface area contributed by atoms with Crippen molar-refractivity contribution in [1.29, 1.82) is 0 Å². The minimum Gasteiger partial charge on any atom is -0.375 e. The third-order valence-electron chi connectivity index (χ3n) is 3.56. The third kappa shape index (κ3) is 3.88. The molecule has 120 valence electrons. The Hall–Kier alpha value is -0.820. The van der Waals surface area contributed by atoms with Crippen LogP contribution in [0.2, 0.25) is 0 Å². The fourth-order valence-corrected chi connectivity index (χ4v) is 2.58. The number of fused-ring (bicyclic) bond motifs is 1. The maximum atomic E-state index is 12.4. The van der Waals surface area contributed by atoms with Gasteiger partial charge in [-0.15, -0.1) is 0 Å². The van der Waals surface area contributed by atoms with Gasteiger partial charge in [0, 0.05) is 13.0 Å². The molecule has 6 nitrogen and oxygen atoms in total. The number of hydrogen-bond donors (Lipinski definition) is 0. The molecule has 0 unspecified atom stereocenters. The topological polar surface area (TPSA) is 71.1 Å². The first kappa shape index (κ1) is 16.5. The van der Waals surface area contributed by atoms with Gasteiger partial charge in [0.05, 0.1) is 6.10 Å². The minimum atomic E-state index is -0.824. The van der Waals surface area contributed by atoms with E-state index in [1.807, 2.05) is 0 Å². The number of hydrogen-bond acceptors (Lipinski definition) is 6. The Morgan fingerprint density at radius 2 is 2.10 bits per heavy atom. The van der Waals surface area contributed by atoms with E-state index in [9.17, 15) is 9.59 Å². The number of carbonyl (C=O) groups is 2. The Balaban J connectivity index is 2.01. The van der Waals surface area contributed by atoms with Crippen molar-refractivity contribution in [2.24, 2.45) is 0 Å². The van der Waals surface area contributed by atoms with Gasteiger partial charge >= 0.3 is 0 Å². The van der Waals surface area contributed by atoms with Crippen LogP contribution < -0.4 is 0 Å². The monoisotopic (exact) mass is 300 g/mol. The highest BCUT2D eigenvalue weighted by Gasteiger charge is 2.56. The highest BCUT2D eigenvalue weighted by atomic mass is 16.8. The van der Waals surface area contributed by atoms with Crippen molar-refractivity contribution in [2.75, 3.05) is 6.61 Å². The highest BCUT2D eigenvalue weighted by molar-refractivity contribution is 5.91. The molecule has 2 fully saturated rings. The lowest BCUT2D eigenvalue weighted by atomic mass is 10.0. The van der Waals surface area contributed by atoms with Gasteiger partial charge in [0.2, 0.25) is 0 Å². The van der Waals surface area contributed by atoms with Crippen molar-refractivity contribution in [3.63, 3.8) is 0 Å². The molecule has 4 atom stereocenters. The zero-order valence-electron chi connectivity index (χ0n) is 13.1. The van der Waals surface area contributed by atoms with Crippen LogP contribution in [0.5, 0.6) is 0 Å². The Labute approximate surface area is 125 Å². The van der Waals surface area contributed by atoms with Crippen LogP contribution in [-0.4, -0.2) is 48.6 Å². The lowest BCUT2D eigenvalue weighted by Crippen LogP contribution is -2.40. The van der Waals surface area contributed by atoms with Gasteiger partial charge in [-0.2, -0.15) is 0 Å². The number of rotatable bonds is 7. The molecule has 21 heavy (non-hydrogen) atoms. The fraction of sp³-hybridized carbons (Fsp3) is 0.867. The van der Waals surface area contributed by atoms with Crippen LogP contribution in [0, 0.1) is 0 Å². The summed E-state index contributed by atoms with van der Waals surface area (Å²) in [6, 6.07) is 0. The van der Waals surface area contributed by atoms with Crippen LogP contribution >= 0.6 is 0 Å².